The summed E-state index contributed by atoms with van der Waals surface area (Å²) >= 11 is 0. The molecule has 2 aliphatic rings. The van der Waals surface area contributed by atoms with E-state index in [4.69, 9.17) is 9.84 Å². The molecule has 2 aromatic rings. The van der Waals surface area contributed by atoms with Crippen LogP contribution in [0.4, 0.5) is 8.78 Å². The summed E-state index contributed by atoms with van der Waals surface area (Å²) < 4.78 is 34.4. The van der Waals surface area contributed by atoms with E-state index in [1.807, 2.05) is 18.2 Å². The smallest absolute Gasteiger partial charge is 0.303 e. The number of carbonyl (C=O) groups is 1. The topological polar surface area (TPSA) is 49.8 Å². The van der Waals surface area contributed by atoms with Crippen LogP contribution in [0.25, 0.3) is 10.8 Å². The first-order valence-electron chi connectivity index (χ1n) is 12.3. The lowest BCUT2D eigenvalue weighted by Crippen LogP contribution is -2.37. The molecule has 2 fully saturated rings. The molecular weight excluding hydrogens is 424 g/mol. The van der Waals surface area contributed by atoms with Crippen molar-refractivity contribution in [2.24, 2.45) is 11.8 Å². The highest BCUT2D eigenvalue weighted by Gasteiger charge is 2.27. The molecule has 1 aliphatic carbocycles. The average Bonchev–Trinajstić information content (AvgIpc) is 2.79. The monoisotopic (exact) mass is 459 g/mol. The van der Waals surface area contributed by atoms with Crippen molar-refractivity contribution in [2.45, 2.75) is 77.4 Å². The number of hydrogen-bond acceptors (Lipinski definition) is 3. The predicted octanol–water partition coefficient (Wildman–Crippen LogP) is 6.98. The van der Waals surface area contributed by atoms with Crippen LogP contribution in [0, 0.1) is 11.8 Å². The van der Waals surface area contributed by atoms with Crippen LogP contribution >= 0.6 is 0 Å². The highest BCUT2D eigenvalue weighted by atomic mass is 19.3. The van der Waals surface area contributed by atoms with Crippen LogP contribution in [-0.4, -0.2) is 35.2 Å². The van der Waals surface area contributed by atoms with E-state index in [1.165, 1.54) is 0 Å². The normalized spacial score (nSPS) is 25.3. The molecule has 2 atom stereocenters. The van der Waals surface area contributed by atoms with Crippen molar-refractivity contribution in [1.29, 1.82) is 0 Å². The van der Waals surface area contributed by atoms with Gasteiger partial charge in [-0.1, -0.05) is 25.1 Å². The first-order valence-corrected chi connectivity index (χ1v) is 12.3. The van der Waals surface area contributed by atoms with Gasteiger partial charge in [0.15, 0.2) is 0 Å². The summed E-state index contributed by atoms with van der Waals surface area (Å²) in [6.07, 6.45) is 3.50. The summed E-state index contributed by atoms with van der Waals surface area (Å²) in [4.78, 5) is 13.4. The third-order valence-corrected chi connectivity index (χ3v) is 7.56. The largest absolute Gasteiger partial charge is 0.490 e. The lowest BCUT2D eigenvalue weighted by atomic mass is 9.89. The highest BCUT2D eigenvalue weighted by Crippen LogP contribution is 2.39. The number of nitrogens with zero attached hydrogens (tertiary/aromatic N) is 1. The Morgan fingerprint density at radius 3 is 2.61 bits per heavy atom. The van der Waals surface area contributed by atoms with E-state index in [9.17, 15) is 13.6 Å². The van der Waals surface area contributed by atoms with E-state index < -0.39 is 12.4 Å². The highest BCUT2D eigenvalue weighted by molar-refractivity contribution is 5.88. The van der Waals surface area contributed by atoms with Crippen molar-refractivity contribution >= 4 is 16.7 Å². The Morgan fingerprint density at radius 2 is 1.91 bits per heavy atom. The Bertz CT molecular complexity index is 971. The van der Waals surface area contributed by atoms with Gasteiger partial charge in [0.2, 0.25) is 0 Å². The molecule has 0 unspecified atom stereocenters. The van der Waals surface area contributed by atoms with Gasteiger partial charge < -0.3 is 9.84 Å². The molecule has 4 rings (SSSR count). The summed E-state index contributed by atoms with van der Waals surface area (Å²) in [6, 6.07) is 9.43. The first-order chi connectivity index (χ1) is 15.8. The minimum Gasteiger partial charge on any atom is -0.490 e. The molecule has 1 saturated heterocycles. The second kappa shape index (κ2) is 10.4. The van der Waals surface area contributed by atoms with Gasteiger partial charge >= 0.3 is 5.97 Å². The Kier molecular flexibility index (Phi) is 7.52. The van der Waals surface area contributed by atoms with Gasteiger partial charge in [0.05, 0.1) is 11.7 Å². The van der Waals surface area contributed by atoms with Gasteiger partial charge in [-0.15, -0.1) is 0 Å². The number of likely N-dealkylation sites (tertiary alicyclic amines) is 1. The molecule has 33 heavy (non-hydrogen) atoms. The van der Waals surface area contributed by atoms with Crippen molar-refractivity contribution in [2.75, 3.05) is 13.1 Å². The SMILES string of the molecule is CC1CCC(Oc2ccc3cc([C@H](C)N4CCC[C@@H](CC(=O)O)C4)ccc3c2C(F)F)CC1. The van der Waals surface area contributed by atoms with Crippen LogP contribution in [0.1, 0.15) is 82.4 Å². The van der Waals surface area contributed by atoms with Crippen molar-refractivity contribution in [1.82, 2.24) is 4.90 Å². The minimum absolute atomic E-state index is 0.00768. The van der Waals surface area contributed by atoms with E-state index in [0.29, 0.717) is 17.1 Å². The van der Waals surface area contributed by atoms with Gasteiger partial charge in [-0.05, 0) is 92.3 Å². The van der Waals surface area contributed by atoms with Gasteiger partial charge in [-0.2, -0.15) is 0 Å². The predicted molar refractivity (Wildman–Crippen MR) is 126 cm³/mol. The molecule has 0 aromatic heterocycles. The summed E-state index contributed by atoms with van der Waals surface area (Å²) in [5.41, 5.74) is 1.05. The lowest BCUT2D eigenvalue weighted by molar-refractivity contribution is -0.138. The molecule has 0 radical (unpaired) electrons. The number of alkyl halides is 2. The molecule has 2 aromatic carbocycles. The van der Waals surface area contributed by atoms with E-state index in [2.05, 4.69) is 18.7 Å². The van der Waals surface area contributed by atoms with Crippen LogP contribution in [0.15, 0.2) is 30.3 Å². The number of rotatable bonds is 7. The number of piperidine rings is 1. The molecule has 1 heterocycles. The maximum atomic E-state index is 14.1. The molecule has 180 valence electrons. The van der Waals surface area contributed by atoms with E-state index in [1.54, 1.807) is 12.1 Å². The minimum atomic E-state index is -2.60. The molecule has 6 heteroatoms. The number of fused-ring (bicyclic) bond motifs is 1. The van der Waals surface area contributed by atoms with Crippen molar-refractivity contribution in [3.63, 3.8) is 0 Å². The number of carboxylic acid groups (broad SMARTS) is 1. The van der Waals surface area contributed by atoms with Gasteiger partial charge in [-0.25, -0.2) is 8.78 Å². The van der Waals surface area contributed by atoms with Crippen LogP contribution in [0.3, 0.4) is 0 Å². The number of carboxylic acids is 1. The molecule has 0 amide bonds. The van der Waals surface area contributed by atoms with Gasteiger partial charge in [-0.3, -0.25) is 9.69 Å². The Hall–Kier alpha value is -2.21. The average molecular weight is 460 g/mol. The number of benzene rings is 2. The van der Waals surface area contributed by atoms with Crippen LogP contribution in [0.2, 0.25) is 0 Å². The third kappa shape index (κ3) is 5.65. The Morgan fingerprint density at radius 1 is 1.15 bits per heavy atom. The quantitative estimate of drug-likeness (QED) is 0.485. The maximum Gasteiger partial charge on any atom is 0.303 e. The standard InChI is InChI=1S/C27H35F2NO3/c1-17-5-9-22(10-6-17)33-24-12-8-21-15-20(7-11-23(21)26(24)27(28)29)18(2)30-13-3-4-19(16-30)14-25(31)32/h7-8,11-12,15,17-19,22,27H,3-6,9-10,13-14,16H2,1-2H3,(H,31,32)/t17?,18-,19-,22?/m0/s1. The van der Waals surface area contributed by atoms with Crippen LogP contribution < -0.4 is 4.74 Å². The van der Waals surface area contributed by atoms with Gasteiger partial charge in [0.1, 0.15) is 5.75 Å². The van der Waals surface area contributed by atoms with E-state index >= 15 is 0 Å². The number of hydrogen-bond donors (Lipinski definition) is 1. The lowest BCUT2D eigenvalue weighted by Gasteiger charge is -2.36. The molecule has 1 N–H and O–H groups in total. The van der Waals surface area contributed by atoms with Crippen molar-refractivity contribution < 1.29 is 23.4 Å². The van der Waals surface area contributed by atoms with Crippen LogP contribution in [0.5, 0.6) is 5.75 Å². The van der Waals surface area contributed by atoms with E-state index in [0.717, 1.165) is 62.6 Å². The van der Waals surface area contributed by atoms with Crippen molar-refractivity contribution in [3.05, 3.63) is 41.5 Å². The Labute approximate surface area is 194 Å². The first kappa shape index (κ1) is 23.9. The van der Waals surface area contributed by atoms with Gasteiger partial charge in [0, 0.05) is 19.0 Å². The fraction of sp³-hybridized carbons (Fsp3) is 0.593. The number of halogens is 2. The van der Waals surface area contributed by atoms with Crippen molar-refractivity contribution in [3.8, 4) is 5.75 Å². The Balaban J connectivity index is 1.55. The third-order valence-electron chi connectivity index (χ3n) is 7.56. The maximum absolute atomic E-state index is 14.1. The zero-order chi connectivity index (χ0) is 23.5. The second-order valence-electron chi connectivity index (χ2n) is 10.0. The van der Waals surface area contributed by atoms with Gasteiger partial charge in [0.25, 0.3) is 6.43 Å². The molecule has 0 bridgehead atoms. The number of ether oxygens (including phenoxy) is 1. The molecule has 0 spiro atoms. The summed E-state index contributed by atoms with van der Waals surface area (Å²) in [7, 11) is 0. The fourth-order valence-electron chi connectivity index (χ4n) is 5.54. The summed E-state index contributed by atoms with van der Waals surface area (Å²) in [5, 5.41) is 10.5. The molecular formula is C27H35F2NO3. The summed E-state index contributed by atoms with van der Waals surface area (Å²) in [6.45, 7) is 6.01. The zero-order valence-corrected chi connectivity index (χ0v) is 19.6. The zero-order valence-electron chi connectivity index (χ0n) is 19.6. The molecule has 4 nitrogen and oxygen atoms in total. The summed E-state index contributed by atoms with van der Waals surface area (Å²) in [5.74, 6) is 0.397. The number of aliphatic carboxylic acids is 1. The molecule has 1 aliphatic heterocycles. The van der Waals surface area contributed by atoms with E-state index in [-0.39, 0.29) is 30.0 Å². The fourth-order valence-corrected chi connectivity index (χ4v) is 5.54. The molecule has 1 saturated carbocycles. The van der Waals surface area contributed by atoms with Crippen LogP contribution in [-0.2, 0) is 4.79 Å². The second-order valence-corrected chi connectivity index (χ2v) is 10.0.